The van der Waals surface area contributed by atoms with E-state index in [2.05, 4.69) is 42.2 Å². The zero-order chi connectivity index (χ0) is 13.8. The van der Waals surface area contributed by atoms with Crippen LogP contribution < -0.4 is 4.90 Å². The fourth-order valence-electron chi connectivity index (χ4n) is 2.20. The van der Waals surface area contributed by atoms with E-state index in [1.54, 1.807) is 11.8 Å². The lowest BCUT2D eigenvalue weighted by atomic mass is 10.2. The molecule has 0 aromatic heterocycles. The van der Waals surface area contributed by atoms with Crippen LogP contribution in [0, 0.1) is 0 Å². The summed E-state index contributed by atoms with van der Waals surface area (Å²) in [5.41, 5.74) is 1.22. The van der Waals surface area contributed by atoms with E-state index in [4.69, 9.17) is 0 Å². The maximum absolute atomic E-state index is 12.0. The number of carbonyl (C=O) groups excluding carboxylic acids is 1. The molecule has 0 aliphatic carbocycles. The Bertz CT molecular complexity index is 436. The van der Waals surface area contributed by atoms with E-state index >= 15 is 0 Å². The Balaban J connectivity index is 2.02. The summed E-state index contributed by atoms with van der Waals surface area (Å²) in [5, 5.41) is 0.192. The highest BCUT2D eigenvalue weighted by Gasteiger charge is 2.32. The topological polar surface area (TPSA) is 24.8 Å². The number of hydrogen-bond acceptors (Lipinski definition) is 2. The van der Waals surface area contributed by atoms with Crippen molar-refractivity contribution in [3.8, 4) is 0 Å². The van der Waals surface area contributed by atoms with Gasteiger partial charge < -0.3 is 9.80 Å². The molecule has 0 radical (unpaired) electrons. The lowest BCUT2D eigenvalue weighted by Crippen LogP contribution is -3.05. The van der Waals surface area contributed by atoms with Gasteiger partial charge in [-0.2, -0.15) is 0 Å². The van der Waals surface area contributed by atoms with Crippen LogP contribution in [0.5, 0.6) is 0 Å². The molecule has 1 aromatic rings. The molecular weight excluding hydrogens is 324 g/mol. The van der Waals surface area contributed by atoms with Crippen LogP contribution in [0.15, 0.2) is 28.7 Å². The summed E-state index contributed by atoms with van der Waals surface area (Å²) in [4.78, 5) is 15.4. The standard InChI is InChI=1S/C14H19BrN2OS/c1-16(2)8-3-9-17-13(18)10-19-14(17)11-4-6-12(15)7-5-11/h4-7,14H,3,8-10H2,1-2H3/p+1/t14-/m0/s1. The molecule has 0 saturated carbocycles. The number of amides is 1. The van der Waals surface area contributed by atoms with Crippen LogP contribution in [-0.2, 0) is 4.79 Å². The van der Waals surface area contributed by atoms with Crippen LogP contribution in [0.2, 0.25) is 0 Å². The molecule has 1 fully saturated rings. The first-order chi connectivity index (χ1) is 9.08. The van der Waals surface area contributed by atoms with Gasteiger partial charge in [0.2, 0.25) is 5.91 Å². The van der Waals surface area contributed by atoms with Gasteiger partial charge >= 0.3 is 0 Å². The van der Waals surface area contributed by atoms with Gasteiger partial charge in [-0.25, -0.2) is 0 Å². The number of halogens is 1. The molecular formula is C14H20BrN2OS+. The van der Waals surface area contributed by atoms with E-state index in [1.165, 1.54) is 10.5 Å². The quantitative estimate of drug-likeness (QED) is 0.877. The van der Waals surface area contributed by atoms with E-state index in [9.17, 15) is 4.79 Å². The molecule has 0 unspecified atom stereocenters. The summed E-state index contributed by atoms with van der Waals surface area (Å²) < 4.78 is 1.08. The first kappa shape index (κ1) is 14.9. The second kappa shape index (κ2) is 6.77. The highest BCUT2D eigenvalue weighted by Crippen LogP contribution is 2.38. The summed E-state index contributed by atoms with van der Waals surface area (Å²) in [6.07, 6.45) is 1.06. The van der Waals surface area contributed by atoms with E-state index in [0.29, 0.717) is 5.75 Å². The fraction of sp³-hybridized carbons (Fsp3) is 0.500. The smallest absolute Gasteiger partial charge is 0.233 e. The maximum atomic E-state index is 12.0. The first-order valence-electron chi connectivity index (χ1n) is 6.53. The SMILES string of the molecule is C[NH+](C)CCCN1C(=O)CS[C@H]1c1ccc(Br)cc1. The van der Waals surface area contributed by atoms with Gasteiger partial charge in [-0.3, -0.25) is 4.79 Å². The average Bonchev–Trinajstić information content (AvgIpc) is 2.72. The maximum Gasteiger partial charge on any atom is 0.233 e. The number of nitrogens with zero attached hydrogens (tertiary/aromatic N) is 1. The van der Waals surface area contributed by atoms with E-state index in [1.807, 2.05) is 17.0 Å². The molecule has 1 heterocycles. The number of carbonyl (C=O) groups is 1. The van der Waals surface area contributed by atoms with Gasteiger partial charge in [-0.15, -0.1) is 11.8 Å². The Labute approximate surface area is 127 Å². The first-order valence-corrected chi connectivity index (χ1v) is 8.37. The molecule has 19 heavy (non-hydrogen) atoms. The van der Waals surface area contributed by atoms with Crippen LogP contribution >= 0.6 is 27.7 Å². The second-order valence-corrected chi connectivity index (χ2v) is 7.10. The van der Waals surface area contributed by atoms with E-state index < -0.39 is 0 Å². The van der Waals surface area contributed by atoms with E-state index in [0.717, 1.165) is 24.0 Å². The minimum atomic E-state index is 0.192. The molecule has 0 spiro atoms. The summed E-state index contributed by atoms with van der Waals surface area (Å²) in [6.45, 7) is 1.96. The normalized spacial score (nSPS) is 19.5. The van der Waals surface area contributed by atoms with Gasteiger partial charge in [0.25, 0.3) is 0 Å². The van der Waals surface area contributed by atoms with Crippen molar-refractivity contribution in [3.63, 3.8) is 0 Å². The molecule has 1 aromatic carbocycles. The average molecular weight is 344 g/mol. The lowest BCUT2D eigenvalue weighted by Gasteiger charge is -2.24. The number of quaternary nitrogens is 1. The predicted molar refractivity (Wildman–Crippen MR) is 83.3 cm³/mol. The zero-order valence-corrected chi connectivity index (χ0v) is 13.8. The number of hydrogen-bond donors (Lipinski definition) is 1. The van der Waals surface area contributed by atoms with Crippen LogP contribution in [0.1, 0.15) is 17.4 Å². The van der Waals surface area contributed by atoms with Gasteiger partial charge in [0.1, 0.15) is 5.37 Å². The second-order valence-electron chi connectivity index (χ2n) is 5.11. The van der Waals surface area contributed by atoms with Gasteiger partial charge in [-0.1, -0.05) is 28.1 Å². The van der Waals surface area contributed by atoms with Gasteiger partial charge in [0.05, 0.1) is 26.4 Å². The zero-order valence-electron chi connectivity index (χ0n) is 11.4. The Morgan fingerprint density at radius 3 is 2.68 bits per heavy atom. The van der Waals surface area contributed by atoms with Crippen molar-refractivity contribution in [1.29, 1.82) is 0 Å². The fourth-order valence-corrected chi connectivity index (χ4v) is 3.69. The molecule has 104 valence electrons. The monoisotopic (exact) mass is 343 g/mol. The van der Waals surface area contributed by atoms with Crippen molar-refractivity contribution < 1.29 is 9.69 Å². The lowest BCUT2D eigenvalue weighted by molar-refractivity contribution is -0.858. The van der Waals surface area contributed by atoms with E-state index in [-0.39, 0.29) is 11.3 Å². The summed E-state index contributed by atoms with van der Waals surface area (Å²) in [5.74, 6) is 0.877. The Morgan fingerprint density at radius 2 is 2.05 bits per heavy atom. The molecule has 1 aliphatic rings. The predicted octanol–water partition coefficient (Wildman–Crippen LogP) is 1.56. The molecule has 0 bridgehead atoms. The van der Waals surface area contributed by atoms with Crippen LogP contribution in [-0.4, -0.2) is 43.7 Å². The molecule has 3 nitrogen and oxygen atoms in total. The van der Waals surface area contributed by atoms with Crippen LogP contribution in [0.25, 0.3) is 0 Å². The highest BCUT2D eigenvalue weighted by molar-refractivity contribution is 9.10. The summed E-state index contributed by atoms with van der Waals surface area (Å²) in [7, 11) is 4.29. The van der Waals surface area contributed by atoms with Crippen molar-refractivity contribution in [1.82, 2.24) is 4.90 Å². The summed E-state index contributed by atoms with van der Waals surface area (Å²) in [6, 6.07) is 8.29. The molecule has 1 amide bonds. The number of thioether (sulfide) groups is 1. The number of benzene rings is 1. The highest BCUT2D eigenvalue weighted by atomic mass is 79.9. The Kier molecular flexibility index (Phi) is 5.30. The third kappa shape index (κ3) is 3.97. The Hall–Kier alpha value is -0.520. The van der Waals surface area contributed by atoms with Crippen LogP contribution in [0.3, 0.4) is 0 Å². The molecule has 2 rings (SSSR count). The third-order valence-corrected chi connectivity index (χ3v) is 4.98. The summed E-state index contributed by atoms with van der Waals surface area (Å²) >= 11 is 5.18. The molecule has 1 atom stereocenters. The molecule has 1 aliphatic heterocycles. The van der Waals surface area contributed by atoms with Gasteiger partial charge in [0, 0.05) is 17.4 Å². The molecule has 1 saturated heterocycles. The van der Waals surface area contributed by atoms with Gasteiger partial charge in [-0.05, 0) is 17.7 Å². The van der Waals surface area contributed by atoms with Crippen molar-refractivity contribution in [2.45, 2.75) is 11.8 Å². The minimum absolute atomic E-state index is 0.192. The largest absolute Gasteiger partial charge is 0.340 e. The number of nitrogens with one attached hydrogen (secondary N) is 1. The van der Waals surface area contributed by atoms with Crippen LogP contribution in [0.4, 0.5) is 0 Å². The third-order valence-electron chi connectivity index (χ3n) is 3.20. The molecule has 1 N–H and O–H groups in total. The van der Waals surface area contributed by atoms with Crippen molar-refractivity contribution in [2.75, 3.05) is 32.9 Å². The number of rotatable bonds is 5. The van der Waals surface area contributed by atoms with Gasteiger partial charge in [0.15, 0.2) is 0 Å². The van der Waals surface area contributed by atoms with Crippen molar-refractivity contribution >= 4 is 33.6 Å². The molecule has 5 heteroatoms. The van der Waals surface area contributed by atoms with Crippen molar-refractivity contribution in [3.05, 3.63) is 34.3 Å². The van der Waals surface area contributed by atoms with Crippen molar-refractivity contribution in [2.24, 2.45) is 0 Å². The Morgan fingerprint density at radius 1 is 1.37 bits per heavy atom. The minimum Gasteiger partial charge on any atom is -0.340 e.